The number of hydrogen-bond donors (Lipinski definition) is 2. The zero-order valence-corrected chi connectivity index (χ0v) is 11.6. The van der Waals surface area contributed by atoms with Crippen molar-refractivity contribution < 1.29 is 23.1 Å². The third-order valence-electron chi connectivity index (χ3n) is 2.49. The fourth-order valence-corrected chi connectivity index (χ4v) is 2.18. The summed E-state index contributed by atoms with van der Waals surface area (Å²) in [7, 11) is -2.46. The summed E-state index contributed by atoms with van der Waals surface area (Å²) in [5, 5.41) is 13.7. The SMILES string of the molecule is C=CCN(CC(=O)O)C(=O)c1cc(S(N)(=O)=O)cn1C. The van der Waals surface area contributed by atoms with Crippen LogP contribution < -0.4 is 5.14 Å². The zero-order valence-electron chi connectivity index (χ0n) is 10.8. The predicted octanol–water partition coefficient (Wildman–Crippen LogP) is -0.615. The molecule has 3 N–H and O–H groups in total. The topological polar surface area (TPSA) is 123 Å². The van der Waals surface area contributed by atoms with Crippen molar-refractivity contribution in [3.05, 3.63) is 30.6 Å². The van der Waals surface area contributed by atoms with Crippen molar-refractivity contribution in [2.75, 3.05) is 13.1 Å². The van der Waals surface area contributed by atoms with E-state index in [2.05, 4.69) is 6.58 Å². The van der Waals surface area contributed by atoms with Crippen LogP contribution in [-0.4, -0.2) is 48.0 Å². The van der Waals surface area contributed by atoms with Crippen LogP contribution in [0.3, 0.4) is 0 Å². The predicted molar refractivity (Wildman–Crippen MR) is 70.5 cm³/mol. The van der Waals surface area contributed by atoms with Gasteiger partial charge in [-0.2, -0.15) is 0 Å². The van der Waals surface area contributed by atoms with Crippen molar-refractivity contribution in [3.63, 3.8) is 0 Å². The van der Waals surface area contributed by atoms with Crippen molar-refractivity contribution in [3.8, 4) is 0 Å². The monoisotopic (exact) mass is 301 g/mol. The van der Waals surface area contributed by atoms with Crippen LogP contribution in [0.1, 0.15) is 10.5 Å². The number of carboxylic acids is 1. The minimum absolute atomic E-state index is 0.0251. The summed E-state index contributed by atoms with van der Waals surface area (Å²) in [6.45, 7) is 2.96. The second-order valence-electron chi connectivity index (χ2n) is 4.09. The Balaban J connectivity index is 3.15. The van der Waals surface area contributed by atoms with E-state index < -0.39 is 28.4 Å². The molecule has 0 aliphatic carbocycles. The van der Waals surface area contributed by atoms with Gasteiger partial charge in [-0.3, -0.25) is 9.59 Å². The van der Waals surface area contributed by atoms with Gasteiger partial charge in [0, 0.05) is 19.8 Å². The summed E-state index contributed by atoms with van der Waals surface area (Å²) in [5.41, 5.74) is 0.0251. The van der Waals surface area contributed by atoms with Crippen LogP contribution in [-0.2, 0) is 21.9 Å². The molecule has 0 spiro atoms. The molecular formula is C11H15N3O5S. The second kappa shape index (κ2) is 5.88. The lowest BCUT2D eigenvalue weighted by molar-refractivity contribution is -0.137. The van der Waals surface area contributed by atoms with Gasteiger partial charge < -0.3 is 14.6 Å². The summed E-state index contributed by atoms with van der Waals surface area (Å²) in [6, 6.07) is 1.11. The van der Waals surface area contributed by atoms with Crippen molar-refractivity contribution in [1.29, 1.82) is 0 Å². The van der Waals surface area contributed by atoms with E-state index in [1.165, 1.54) is 23.9 Å². The largest absolute Gasteiger partial charge is 0.480 e. The van der Waals surface area contributed by atoms with E-state index in [1.54, 1.807) is 0 Å². The van der Waals surface area contributed by atoms with Crippen LogP contribution in [0.2, 0.25) is 0 Å². The first-order chi connectivity index (χ1) is 9.16. The molecule has 0 aliphatic rings. The van der Waals surface area contributed by atoms with Gasteiger partial charge in [0.05, 0.1) is 0 Å². The molecule has 0 aromatic carbocycles. The van der Waals surface area contributed by atoms with Gasteiger partial charge in [0.25, 0.3) is 5.91 Å². The Morgan fingerprint density at radius 2 is 2.15 bits per heavy atom. The molecule has 1 amide bonds. The molecule has 9 heteroatoms. The van der Waals surface area contributed by atoms with Gasteiger partial charge in [-0.15, -0.1) is 6.58 Å². The third-order valence-corrected chi connectivity index (χ3v) is 3.37. The molecule has 0 saturated heterocycles. The van der Waals surface area contributed by atoms with E-state index in [-0.39, 0.29) is 17.1 Å². The number of sulfonamides is 1. The summed E-state index contributed by atoms with van der Waals surface area (Å²) < 4.78 is 23.7. The molecule has 0 unspecified atom stereocenters. The number of nitrogens with zero attached hydrogens (tertiary/aromatic N) is 2. The van der Waals surface area contributed by atoms with Crippen LogP contribution in [0.25, 0.3) is 0 Å². The van der Waals surface area contributed by atoms with Gasteiger partial charge in [0.15, 0.2) is 0 Å². The lowest BCUT2D eigenvalue weighted by Crippen LogP contribution is -2.36. The van der Waals surface area contributed by atoms with Gasteiger partial charge in [0.2, 0.25) is 10.0 Å². The van der Waals surface area contributed by atoms with Crippen LogP contribution in [0.5, 0.6) is 0 Å². The molecule has 1 aromatic rings. The van der Waals surface area contributed by atoms with E-state index in [0.29, 0.717) is 0 Å². The van der Waals surface area contributed by atoms with Crippen molar-refractivity contribution in [1.82, 2.24) is 9.47 Å². The minimum Gasteiger partial charge on any atom is -0.480 e. The molecule has 1 aromatic heterocycles. The number of primary sulfonamides is 1. The average molecular weight is 301 g/mol. The summed E-state index contributed by atoms with van der Waals surface area (Å²) >= 11 is 0. The Bertz CT molecular complexity index is 647. The smallest absolute Gasteiger partial charge is 0.323 e. The highest BCUT2D eigenvalue weighted by Crippen LogP contribution is 2.14. The molecule has 0 atom stereocenters. The number of nitrogens with two attached hydrogens (primary N) is 1. The lowest BCUT2D eigenvalue weighted by atomic mass is 10.3. The lowest BCUT2D eigenvalue weighted by Gasteiger charge is -2.18. The second-order valence-corrected chi connectivity index (χ2v) is 5.65. The fourth-order valence-electron chi connectivity index (χ4n) is 1.60. The first-order valence-corrected chi connectivity index (χ1v) is 7.02. The third kappa shape index (κ3) is 3.68. The Kier molecular flexibility index (Phi) is 4.69. The van der Waals surface area contributed by atoms with Gasteiger partial charge >= 0.3 is 5.97 Å². The number of amides is 1. The van der Waals surface area contributed by atoms with Gasteiger partial charge in [0.1, 0.15) is 17.1 Å². The van der Waals surface area contributed by atoms with Crippen molar-refractivity contribution in [2.45, 2.75) is 4.90 Å². The van der Waals surface area contributed by atoms with Gasteiger partial charge in [-0.25, -0.2) is 13.6 Å². The van der Waals surface area contributed by atoms with Crippen LogP contribution in [0.4, 0.5) is 0 Å². The van der Waals surface area contributed by atoms with Crippen molar-refractivity contribution in [2.24, 2.45) is 12.2 Å². The highest BCUT2D eigenvalue weighted by atomic mass is 32.2. The molecule has 1 rings (SSSR count). The molecule has 0 fully saturated rings. The van der Waals surface area contributed by atoms with E-state index >= 15 is 0 Å². The molecule has 110 valence electrons. The maximum absolute atomic E-state index is 12.2. The Morgan fingerprint density at radius 1 is 1.55 bits per heavy atom. The first kappa shape index (κ1) is 15.9. The normalized spacial score (nSPS) is 11.1. The van der Waals surface area contributed by atoms with Crippen LogP contribution in [0.15, 0.2) is 29.8 Å². The fraction of sp³-hybridized carbons (Fsp3) is 0.273. The molecule has 0 saturated carbocycles. The Hall–Kier alpha value is -2.13. The molecule has 1 heterocycles. The summed E-state index contributed by atoms with van der Waals surface area (Å²) in [6.07, 6.45) is 2.57. The number of carbonyl (C=O) groups excluding carboxylic acids is 1. The van der Waals surface area contributed by atoms with E-state index in [4.69, 9.17) is 10.2 Å². The van der Waals surface area contributed by atoms with E-state index in [0.717, 1.165) is 11.0 Å². The number of carboxylic acid groups (broad SMARTS) is 1. The van der Waals surface area contributed by atoms with Gasteiger partial charge in [-0.05, 0) is 6.07 Å². The number of aryl methyl sites for hydroxylation is 1. The molecule has 0 radical (unpaired) electrons. The van der Waals surface area contributed by atoms with Crippen LogP contribution in [0, 0.1) is 0 Å². The highest BCUT2D eigenvalue weighted by molar-refractivity contribution is 7.89. The number of rotatable bonds is 6. The number of carbonyl (C=O) groups is 2. The highest BCUT2D eigenvalue weighted by Gasteiger charge is 2.22. The Labute approximate surface area is 116 Å². The van der Waals surface area contributed by atoms with Gasteiger partial charge in [-0.1, -0.05) is 6.08 Å². The van der Waals surface area contributed by atoms with Crippen LogP contribution >= 0.6 is 0 Å². The van der Waals surface area contributed by atoms with Crippen molar-refractivity contribution >= 4 is 21.9 Å². The molecule has 0 aliphatic heterocycles. The molecular weight excluding hydrogens is 286 g/mol. The Morgan fingerprint density at radius 3 is 2.55 bits per heavy atom. The van der Waals surface area contributed by atoms with E-state index in [1.807, 2.05) is 0 Å². The standard InChI is InChI=1S/C11H15N3O5S/c1-3-4-14(7-10(15)16)11(17)9-5-8(6-13(9)2)20(12,18)19/h3,5-6H,1,4,7H2,2H3,(H,15,16)(H2,12,18,19). The molecule has 0 bridgehead atoms. The number of hydrogen-bond acceptors (Lipinski definition) is 4. The average Bonchev–Trinajstić information content (AvgIpc) is 2.69. The van der Waals surface area contributed by atoms with E-state index in [9.17, 15) is 18.0 Å². The number of aliphatic carboxylic acids is 1. The molecule has 20 heavy (non-hydrogen) atoms. The maximum atomic E-state index is 12.2. The number of aromatic nitrogens is 1. The summed E-state index contributed by atoms with van der Waals surface area (Å²) in [4.78, 5) is 23.7. The first-order valence-electron chi connectivity index (χ1n) is 5.48. The minimum atomic E-state index is -3.93. The quantitative estimate of drug-likeness (QED) is 0.678. The zero-order chi connectivity index (χ0) is 15.5. The molecule has 8 nitrogen and oxygen atoms in total. The summed E-state index contributed by atoms with van der Waals surface area (Å²) in [5.74, 6) is -1.80. The maximum Gasteiger partial charge on any atom is 0.323 e.